The second-order valence-corrected chi connectivity index (χ2v) is 17.0. The van der Waals surface area contributed by atoms with E-state index in [0.29, 0.717) is 64.3 Å². The van der Waals surface area contributed by atoms with Gasteiger partial charge in [-0.1, -0.05) is 30.1 Å². The van der Waals surface area contributed by atoms with Crippen LogP contribution in [0.4, 0.5) is 5.82 Å². The van der Waals surface area contributed by atoms with Gasteiger partial charge in [0, 0.05) is 66.4 Å². The molecule has 0 N–H and O–H groups in total. The maximum absolute atomic E-state index is 12.5. The van der Waals surface area contributed by atoms with Gasteiger partial charge in [-0.3, -0.25) is 4.98 Å². The number of hydrogen-bond donors (Lipinski definition) is 0. The van der Waals surface area contributed by atoms with E-state index in [-0.39, 0.29) is 11.6 Å². The zero-order valence-corrected chi connectivity index (χ0v) is 27.7. The maximum atomic E-state index is 12.5. The van der Waals surface area contributed by atoms with Crippen LogP contribution in [0.3, 0.4) is 0 Å². The summed E-state index contributed by atoms with van der Waals surface area (Å²) < 4.78 is 26.8. The van der Waals surface area contributed by atoms with Gasteiger partial charge in [-0.25, -0.2) is 9.67 Å². The van der Waals surface area contributed by atoms with Crippen LogP contribution in [0.2, 0.25) is 10.0 Å². The summed E-state index contributed by atoms with van der Waals surface area (Å²) in [5.41, 5.74) is 3.40. The van der Waals surface area contributed by atoms with Gasteiger partial charge in [-0.2, -0.15) is 10.4 Å². The second kappa shape index (κ2) is 12.0. The number of halogens is 2. The Morgan fingerprint density at radius 1 is 1.18 bits per heavy atom. The summed E-state index contributed by atoms with van der Waals surface area (Å²) in [6, 6.07) is 10.0. The molecule has 0 saturated carbocycles. The van der Waals surface area contributed by atoms with Crippen LogP contribution < -0.4 is 9.64 Å². The predicted molar refractivity (Wildman–Crippen MR) is 174 cm³/mol. The molecule has 230 valence electrons. The van der Waals surface area contributed by atoms with Crippen molar-refractivity contribution in [1.29, 1.82) is 5.26 Å². The van der Waals surface area contributed by atoms with E-state index in [1.54, 1.807) is 18.6 Å². The predicted octanol–water partition coefficient (Wildman–Crippen LogP) is 7.96. The first-order valence-corrected chi connectivity index (χ1v) is 18.3. The molecular weight excluding hydrogens is 618 g/mol. The van der Waals surface area contributed by atoms with E-state index in [0.717, 1.165) is 35.7 Å². The number of rotatable bonds is 8. The minimum absolute atomic E-state index is 0.0562. The van der Waals surface area contributed by atoms with Crippen molar-refractivity contribution in [2.75, 3.05) is 44.1 Å². The molecule has 1 unspecified atom stereocenters. The number of anilines is 1. The summed E-state index contributed by atoms with van der Waals surface area (Å²) >= 11 is 12.8. The van der Waals surface area contributed by atoms with Crippen LogP contribution >= 0.6 is 30.3 Å². The molecule has 6 rings (SSSR count). The van der Waals surface area contributed by atoms with Gasteiger partial charge in [0.25, 0.3) is 0 Å². The number of aromatic nitrogens is 4. The molecule has 2 atom stereocenters. The molecule has 0 spiro atoms. The van der Waals surface area contributed by atoms with Crippen molar-refractivity contribution in [3.8, 4) is 23.1 Å². The molecular formula is C32H35Cl2N6O3P. The Hall–Kier alpha value is -3.15. The molecule has 0 amide bonds. The molecule has 2 saturated heterocycles. The molecule has 2 aliphatic rings. The number of pyridine rings is 2. The van der Waals surface area contributed by atoms with E-state index in [2.05, 4.69) is 22.9 Å². The molecule has 4 aromatic rings. The lowest BCUT2D eigenvalue weighted by Gasteiger charge is -2.49. The molecule has 0 radical (unpaired) electrons. The standard InChI is InChI=1S/C32H35Cl2N6O3P/c1-20(29-25(33)15-36-16-26(29)34)43-23-8-9-27-24(12-23)30(38-40(27)28-7-5-6-10-42-28)22-11-21(13-35)31(37-14-22)39-17-32(2,18-39)19-44(3,4)41/h8-9,11-12,14-16,20,28H,5-7,10,17-19H2,1-4H3/t20-,28?/m1/s1. The largest absolute Gasteiger partial charge is 0.486 e. The Morgan fingerprint density at radius 3 is 2.59 bits per heavy atom. The van der Waals surface area contributed by atoms with Gasteiger partial charge in [0.15, 0.2) is 6.23 Å². The Labute approximate surface area is 267 Å². The summed E-state index contributed by atoms with van der Waals surface area (Å²) in [5, 5.41) is 16.9. The molecule has 12 heteroatoms. The van der Waals surface area contributed by atoms with Crippen LogP contribution in [0.1, 0.15) is 56.6 Å². The molecule has 3 aromatic heterocycles. The number of nitriles is 1. The van der Waals surface area contributed by atoms with Crippen LogP contribution in [0, 0.1) is 16.7 Å². The van der Waals surface area contributed by atoms with Gasteiger partial charge < -0.3 is 18.9 Å². The Morgan fingerprint density at radius 2 is 1.93 bits per heavy atom. The van der Waals surface area contributed by atoms with E-state index in [9.17, 15) is 9.83 Å². The van der Waals surface area contributed by atoms with Crippen molar-refractivity contribution < 1.29 is 14.0 Å². The Kier molecular flexibility index (Phi) is 8.40. The smallest absolute Gasteiger partial charge is 0.150 e. The SMILES string of the molecule is C[C@@H](Oc1ccc2c(c1)c(-c1cnc(N3CC(C)(CP(C)(C)=O)C3)c(C#N)c1)nn2C1CCCCO1)c1c(Cl)cncc1Cl. The first-order chi connectivity index (χ1) is 20.9. The number of fused-ring (bicyclic) bond motifs is 1. The van der Waals surface area contributed by atoms with Crippen LogP contribution in [0.15, 0.2) is 42.9 Å². The van der Waals surface area contributed by atoms with Crippen molar-refractivity contribution >= 4 is 47.1 Å². The van der Waals surface area contributed by atoms with Crippen LogP contribution in [0.25, 0.3) is 22.2 Å². The van der Waals surface area contributed by atoms with Crippen LogP contribution in [-0.2, 0) is 9.30 Å². The first-order valence-electron chi connectivity index (χ1n) is 14.7. The summed E-state index contributed by atoms with van der Waals surface area (Å²) in [4.78, 5) is 10.9. The molecule has 0 bridgehead atoms. The number of benzene rings is 1. The molecule has 1 aromatic carbocycles. The summed E-state index contributed by atoms with van der Waals surface area (Å²) in [6.45, 7) is 9.80. The maximum Gasteiger partial charge on any atom is 0.150 e. The fourth-order valence-corrected chi connectivity index (χ4v) is 9.29. The third-order valence-corrected chi connectivity index (χ3v) is 10.3. The normalized spacial score (nSPS) is 18.9. The quantitative estimate of drug-likeness (QED) is 0.176. The number of ether oxygens (including phenoxy) is 2. The van der Waals surface area contributed by atoms with Gasteiger partial charge in [0.2, 0.25) is 0 Å². The lowest BCUT2D eigenvalue weighted by molar-refractivity contribution is -0.0365. The zero-order chi connectivity index (χ0) is 31.2. The monoisotopic (exact) mass is 652 g/mol. The fourth-order valence-electron chi connectivity index (χ4n) is 6.58. The Bertz CT molecular complexity index is 1780. The van der Waals surface area contributed by atoms with Crippen molar-refractivity contribution in [2.45, 2.75) is 45.4 Å². The molecule has 44 heavy (non-hydrogen) atoms. The third-order valence-electron chi connectivity index (χ3n) is 8.18. The van der Waals surface area contributed by atoms with E-state index in [4.69, 9.17) is 42.8 Å². The van der Waals surface area contributed by atoms with Gasteiger partial charge >= 0.3 is 0 Å². The molecule has 2 fully saturated rings. The minimum atomic E-state index is -2.17. The minimum Gasteiger partial charge on any atom is -0.486 e. The average molecular weight is 654 g/mol. The second-order valence-electron chi connectivity index (χ2n) is 12.7. The highest BCUT2D eigenvalue weighted by Crippen LogP contribution is 2.48. The van der Waals surface area contributed by atoms with E-state index in [1.807, 2.05) is 49.2 Å². The van der Waals surface area contributed by atoms with Gasteiger partial charge in [0.05, 0.1) is 28.3 Å². The molecule has 2 aliphatic heterocycles. The van der Waals surface area contributed by atoms with Gasteiger partial charge in [-0.15, -0.1) is 0 Å². The lowest BCUT2D eigenvalue weighted by Crippen LogP contribution is -2.57. The molecule has 5 heterocycles. The summed E-state index contributed by atoms with van der Waals surface area (Å²) in [5.74, 6) is 1.26. The fraction of sp³-hybridized carbons (Fsp3) is 0.438. The van der Waals surface area contributed by atoms with E-state index in [1.165, 1.54) is 0 Å². The van der Waals surface area contributed by atoms with Crippen molar-refractivity contribution in [3.63, 3.8) is 0 Å². The number of nitrogens with zero attached hydrogens (tertiary/aromatic N) is 6. The number of hydrogen-bond acceptors (Lipinski definition) is 8. The highest BCUT2D eigenvalue weighted by Gasteiger charge is 2.42. The topological polar surface area (TPSA) is 106 Å². The highest BCUT2D eigenvalue weighted by molar-refractivity contribution is 7.62. The Balaban J connectivity index is 1.36. The van der Waals surface area contributed by atoms with Crippen molar-refractivity contribution in [3.05, 3.63) is 64.0 Å². The van der Waals surface area contributed by atoms with Crippen LogP contribution in [0.5, 0.6) is 5.75 Å². The summed E-state index contributed by atoms with van der Waals surface area (Å²) in [7, 11) is -2.17. The van der Waals surface area contributed by atoms with Crippen molar-refractivity contribution in [2.24, 2.45) is 5.41 Å². The van der Waals surface area contributed by atoms with Gasteiger partial charge in [0.1, 0.15) is 29.4 Å². The molecule has 9 nitrogen and oxygen atoms in total. The summed E-state index contributed by atoms with van der Waals surface area (Å²) in [6.07, 6.45) is 7.88. The van der Waals surface area contributed by atoms with Crippen LogP contribution in [-0.4, -0.2) is 58.9 Å². The van der Waals surface area contributed by atoms with Crippen molar-refractivity contribution in [1.82, 2.24) is 19.7 Å². The molecule has 0 aliphatic carbocycles. The third kappa shape index (κ3) is 6.19. The van der Waals surface area contributed by atoms with E-state index < -0.39 is 13.2 Å². The van der Waals surface area contributed by atoms with Gasteiger partial charge in [-0.05, 0) is 63.8 Å². The highest BCUT2D eigenvalue weighted by atomic mass is 35.5. The lowest BCUT2D eigenvalue weighted by atomic mass is 9.84. The zero-order valence-electron chi connectivity index (χ0n) is 25.3. The first kappa shape index (κ1) is 30.9. The van der Waals surface area contributed by atoms with E-state index >= 15 is 0 Å². The average Bonchev–Trinajstić information content (AvgIpc) is 3.34.